The minimum atomic E-state index is -2.53. The van der Waals surface area contributed by atoms with Crippen molar-refractivity contribution in [3.8, 4) is 0 Å². The highest BCUT2D eigenvalue weighted by Crippen LogP contribution is 2.36. The van der Waals surface area contributed by atoms with Gasteiger partial charge in [0.2, 0.25) is 47.3 Å². The van der Waals surface area contributed by atoms with E-state index in [-0.39, 0.29) is 147 Å². The average Bonchev–Trinajstić information content (AvgIpc) is 0.814. The molecule has 41 nitrogen and oxygen atoms in total. The number of likely N-dealkylation sites (tertiary alicyclic amines) is 1. The summed E-state index contributed by atoms with van der Waals surface area (Å²) in [5, 5.41) is 120. The number of ether oxygens (including phenoxy) is 11. The summed E-state index contributed by atoms with van der Waals surface area (Å²) in [6.45, 7) is 8.24. The Hall–Kier alpha value is -6.36. The molecule has 18 unspecified atom stereocenters. The number of amides is 8. The third-order valence-corrected chi connectivity index (χ3v) is 24.3. The molecule has 131 heavy (non-hydrogen) atoms. The summed E-state index contributed by atoms with van der Waals surface area (Å²) in [4.78, 5) is 105. The Morgan fingerprint density at radius 3 is 1.37 bits per heavy atom. The van der Waals surface area contributed by atoms with E-state index in [9.17, 15) is 88.9 Å². The molecule has 42 heteroatoms. The van der Waals surface area contributed by atoms with Gasteiger partial charge in [-0.25, -0.2) is 4.57 Å². The minimum absolute atomic E-state index is 0.0464. The lowest BCUT2D eigenvalue weighted by atomic mass is 9.77. The van der Waals surface area contributed by atoms with Gasteiger partial charge < -0.3 is 160 Å². The zero-order valence-corrected chi connectivity index (χ0v) is 78.6. The van der Waals surface area contributed by atoms with Crippen molar-refractivity contribution in [3.63, 3.8) is 0 Å². The van der Waals surface area contributed by atoms with Crippen LogP contribution in [0.4, 0.5) is 0 Å². The number of aliphatic hydroxyl groups excluding tert-OH is 9. The lowest BCUT2D eigenvalue weighted by Gasteiger charge is -2.42. The van der Waals surface area contributed by atoms with Gasteiger partial charge in [-0.1, -0.05) is 69.6 Å². The summed E-state index contributed by atoms with van der Waals surface area (Å²) in [5.41, 5.74) is 7.65. The molecule has 4 heterocycles. The fourth-order valence-corrected chi connectivity index (χ4v) is 16.8. The number of carbonyl (C=O) groups is 8. The van der Waals surface area contributed by atoms with E-state index >= 15 is 0 Å². The molecule has 0 aromatic heterocycles. The largest absolute Gasteiger partial charge is 0.435 e. The van der Waals surface area contributed by atoms with Gasteiger partial charge in [0.15, 0.2) is 18.9 Å². The average molecular weight is 1890 g/mol. The predicted octanol–water partition coefficient (Wildman–Crippen LogP) is 1.55. The van der Waals surface area contributed by atoms with Crippen molar-refractivity contribution in [1.82, 2.24) is 42.1 Å². The molecule has 19 N–H and O–H groups in total. The van der Waals surface area contributed by atoms with E-state index in [0.717, 1.165) is 63.5 Å². The van der Waals surface area contributed by atoms with Gasteiger partial charge in [0, 0.05) is 116 Å². The quantitative estimate of drug-likeness (QED) is 0.0135. The minimum Gasteiger partial charge on any atom is -0.435 e. The first-order valence-electron chi connectivity index (χ1n) is 47.0. The molecule has 0 radical (unpaired) electrons. The van der Waals surface area contributed by atoms with E-state index in [4.69, 9.17) is 72.3 Å². The summed E-state index contributed by atoms with van der Waals surface area (Å²) in [7, 11) is -2.53. The molecule has 0 bridgehead atoms. The van der Waals surface area contributed by atoms with Crippen LogP contribution in [0, 0.1) is 23.2 Å². The van der Waals surface area contributed by atoms with Crippen molar-refractivity contribution >= 4 is 61.2 Å². The summed E-state index contributed by atoms with van der Waals surface area (Å²) >= 11 is 0. The molecule has 5 rings (SSSR count). The van der Waals surface area contributed by atoms with Crippen LogP contribution in [0.5, 0.6) is 0 Å². The predicted molar refractivity (Wildman–Crippen MR) is 479 cm³/mol. The van der Waals surface area contributed by atoms with E-state index < -0.39 is 149 Å². The molecule has 754 valence electrons. The Bertz CT molecular complexity index is 3190. The van der Waals surface area contributed by atoms with Crippen LogP contribution in [-0.4, -0.2) is 346 Å². The van der Waals surface area contributed by atoms with Gasteiger partial charge in [-0.15, -0.1) is 0 Å². The van der Waals surface area contributed by atoms with E-state index in [1.54, 1.807) is 17.9 Å². The highest BCUT2D eigenvalue weighted by Gasteiger charge is 2.49. The molecule has 5 fully saturated rings. The maximum absolute atomic E-state index is 14.7. The van der Waals surface area contributed by atoms with Crippen molar-refractivity contribution in [2.75, 3.05) is 145 Å². The van der Waals surface area contributed by atoms with E-state index in [1.807, 2.05) is 13.0 Å². The van der Waals surface area contributed by atoms with Crippen LogP contribution < -0.4 is 43.0 Å². The monoisotopic (exact) mass is 1890 g/mol. The molecule has 0 spiro atoms. The fourth-order valence-electron chi connectivity index (χ4n) is 16.2. The Morgan fingerprint density at radius 1 is 0.504 bits per heavy atom. The van der Waals surface area contributed by atoms with Gasteiger partial charge in [0.05, 0.1) is 105 Å². The molecule has 4 aliphatic heterocycles. The number of nitrogens with two attached hydrogens (primary N) is 1. The third kappa shape index (κ3) is 45.4. The molecule has 1 saturated carbocycles. The maximum Gasteiger partial charge on any atom is 0.367 e. The van der Waals surface area contributed by atoms with Crippen molar-refractivity contribution in [1.29, 1.82) is 5.41 Å². The summed E-state index contributed by atoms with van der Waals surface area (Å²) < 4.78 is 86.9. The van der Waals surface area contributed by atoms with Crippen LogP contribution in [0.1, 0.15) is 214 Å². The van der Waals surface area contributed by atoms with Crippen LogP contribution in [-0.2, 0) is 104 Å². The van der Waals surface area contributed by atoms with E-state index in [0.29, 0.717) is 147 Å². The van der Waals surface area contributed by atoms with Crippen molar-refractivity contribution in [2.45, 2.75) is 312 Å². The van der Waals surface area contributed by atoms with Crippen LogP contribution in [0.3, 0.4) is 0 Å². The van der Waals surface area contributed by atoms with Crippen molar-refractivity contribution < 1.29 is 150 Å². The van der Waals surface area contributed by atoms with Gasteiger partial charge in [-0.2, -0.15) is 0 Å². The molecule has 4 saturated heterocycles. The molecule has 1 aliphatic carbocycles. The van der Waals surface area contributed by atoms with E-state index in [1.165, 1.54) is 32.6 Å². The Balaban J connectivity index is 1.13. The van der Waals surface area contributed by atoms with Gasteiger partial charge in [-0.05, 0) is 128 Å². The lowest BCUT2D eigenvalue weighted by molar-refractivity contribution is -0.270. The molecular formula is C89H157N10O31P. The van der Waals surface area contributed by atoms with Gasteiger partial charge in [0.1, 0.15) is 78.6 Å². The maximum atomic E-state index is 14.7. The number of nitrogens with one attached hydrogen (secondary N) is 8. The highest BCUT2D eigenvalue weighted by molar-refractivity contribution is 7.33. The number of carbonyl (C=O) groups excluding carboxylic acids is 8. The van der Waals surface area contributed by atoms with Crippen molar-refractivity contribution in [2.24, 2.45) is 23.5 Å². The zero-order valence-electron chi connectivity index (χ0n) is 77.6. The molecular weight excluding hydrogens is 1740 g/mol. The smallest absolute Gasteiger partial charge is 0.367 e. The number of hydrogen-bond donors (Lipinski definition) is 18. The first-order valence-corrected chi connectivity index (χ1v) is 48.2. The zero-order chi connectivity index (χ0) is 95.7. The van der Waals surface area contributed by atoms with E-state index in [2.05, 4.69) is 43.3 Å². The lowest BCUT2D eigenvalue weighted by Crippen LogP contribution is -2.64. The molecule has 5 aliphatic rings. The molecule has 0 aromatic rings. The van der Waals surface area contributed by atoms with Crippen LogP contribution in [0.15, 0.2) is 35.8 Å². The van der Waals surface area contributed by atoms with Gasteiger partial charge >= 0.3 is 8.25 Å². The first-order chi connectivity index (χ1) is 63.0. The second-order valence-electron chi connectivity index (χ2n) is 34.3. The summed E-state index contributed by atoms with van der Waals surface area (Å²) in [6.07, 6.45) is 8.59. The summed E-state index contributed by atoms with van der Waals surface area (Å²) in [5.74, 6) is -2.93. The first kappa shape index (κ1) is 115. The number of allylic oxidation sites excluding steroid dienone is 4. The van der Waals surface area contributed by atoms with Crippen LogP contribution in [0.25, 0.3) is 0 Å². The number of hydrogen-bond acceptors (Lipinski definition) is 33. The SMILES string of the molecule is C/C=C\O[PH](=O)OCCCC1CCCC(C(=N)CCC/C=C/COCCOCCC(=O)N2CCC(C(=O)NC(COCCC(=O)NCCCCCCOC3OC(CO)C(O)C(O)C3NC(C)=O)(COCCC(=O)NCCCCCCOC3OC(CO)C(O)C(O)C3NC(C)=O)COCCC(=O)NCCCCCCOC3OC(CO)C(O)C(O)C3NC(C)=O)CC2)/C(=C(/C)N)CC1. The summed E-state index contributed by atoms with van der Waals surface area (Å²) in [6, 6.07) is -3.21. The Morgan fingerprint density at radius 2 is 0.939 bits per heavy atom. The number of nitrogens with zero attached hydrogens (tertiary/aromatic N) is 1. The van der Waals surface area contributed by atoms with Gasteiger partial charge in [0.25, 0.3) is 0 Å². The number of rotatable bonds is 67. The molecule has 0 aromatic carbocycles. The van der Waals surface area contributed by atoms with Crippen LogP contribution >= 0.6 is 8.25 Å². The van der Waals surface area contributed by atoms with Crippen molar-refractivity contribution in [3.05, 3.63) is 35.8 Å². The van der Waals surface area contributed by atoms with Crippen LogP contribution in [0.2, 0.25) is 0 Å². The molecule has 8 amide bonds. The number of piperidine rings is 1. The molecule has 18 atom stereocenters. The Kier molecular flexibility index (Phi) is 58.9. The topological polar surface area (TPSA) is 593 Å². The second-order valence-corrected chi connectivity index (χ2v) is 35.3. The van der Waals surface area contributed by atoms with Gasteiger partial charge in [-0.3, -0.25) is 38.4 Å². The third-order valence-electron chi connectivity index (χ3n) is 23.5. The Labute approximate surface area is 771 Å². The number of aliphatic hydroxyl groups is 9. The standard InChI is InChI=1S/C89H157N10O31P/c1-6-42-126-131(117)127-47-24-26-64-25-23-27-67(66(30-29-64)60(2)90)68(91)28-15-7-11-19-43-118-52-53-119-51-36-75(109)99-40-31-65(32-41-99)85(116)98-89(57-120-48-33-72(106)92-37-16-8-12-20-44-123-86-76(95-61(3)103)82(113)79(110)69(54-100)128-86,58-121-49-34-73(107)93-38-17-9-13-21-45-124-87-77(96-62(4)104)83(114)80(111)70(55-101)129-87)59-122-50-35-74(108)94-39-18-10-14-22-46-125-88-78(97-63(5)105)84(115)81(112)71(56-102)130-88/h6,11,19,42,64-65,67,69-71,76-84,86-88,91,100-102,110-115,131H,7-10,12-18,20-41,43-59,90H2,1-5H3,(H,92,106)(H,93,107)(H,94,108)(H,95,103)(H,96,104)(H,97,105)(H,98,116)/b19-11+,42-6-,66-60-,91-68?. The normalized spacial score (nSPS) is 26.2. The number of unbranched alkanes of at least 4 members (excludes halogenated alkanes) is 10. The highest BCUT2D eigenvalue weighted by atomic mass is 31.1. The fraction of sp³-hybridized carbons (Fsp3) is 0.831. The second kappa shape index (κ2) is 67.0.